The number of fused-ring (bicyclic) bond motifs is 1. The first kappa shape index (κ1) is 19.2. The maximum Gasteiger partial charge on any atom is 0.256 e. The molecule has 1 aromatic heterocycles. The third-order valence-corrected chi connectivity index (χ3v) is 5.37. The van der Waals surface area contributed by atoms with Crippen molar-refractivity contribution in [1.82, 2.24) is 4.98 Å². The summed E-state index contributed by atoms with van der Waals surface area (Å²) >= 11 is 12.3. The lowest BCUT2D eigenvalue weighted by molar-refractivity contribution is 0.102. The van der Waals surface area contributed by atoms with Gasteiger partial charge in [0.25, 0.3) is 5.91 Å². The molecule has 144 valence electrons. The minimum Gasteiger partial charge on any atom is -0.497 e. The Kier molecular flexibility index (Phi) is 5.38. The SMILES string of the molecule is COc1ccc(-c2cc(C(=O)Nc3cccc(Cl)c3Cl)c3ccccc3n2)cc1. The van der Waals surface area contributed by atoms with Gasteiger partial charge in [-0.05, 0) is 48.5 Å². The van der Waals surface area contributed by atoms with Gasteiger partial charge in [-0.15, -0.1) is 0 Å². The second-order valence-electron chi connectivity index (χ2n) is 6.36. The molecule has 3 aromatic carbocycles. The molecule has 0 bridgehead atoms. The molecule has 4 rings (SSSR count). The summed E-state index contributed by atoms with van der Waals surface area (Å²) < 4.78 is 5.22. The molecule has 4 nitrogen and oxygen atoms in total. The second-order valence-corrected chi connectivity index (χ2v) is 7.14. The smallest absolute Gasteiger partial charge is 0.256 e. The number of carbonyl (C=O) groups is 1. The van der Waals surface area contributed by atoms with Gasteiger partial charge in [0.15, 0.2) is 0 Å². The highest BCUT2D eigenvalue weighted by molar-refractivity contribution is 6.44. The van der Waals surface area contributed by atoms with Gasteiger partial charge in [-0.25, -0.2) is 4.98 Å². The van der Waals surface area contributed by atoms with Crippen LogP contribution in [-0.2, 0) is 0 Å². The van der Waals surface area contributed by atoms with Gasteiger partial charge >= 0.3 is 0 Å². The molecule has 0 spiro atoms. The minimum atomic E-state index is -0.289. The van der Waals surface area contributed by atoms with Crippen molar-refractivity contribution >= 4 is 45.7 Å². The van der Waals surface area contributed by atoms with Crippen LogP contribution in [0.4, 0.5) is 5.69 Å². The number of hydrogen-bond acceptors (Lipinski definition) is 3. The van der Waals surface area contributed by atoms with E-state index in [2.05, 4.69) is 5.32 Å². The normalized spacial score (nSPS) is 10.7. The third kappa shape index (κ3) is 3.90. The van der Waals surface area contributed by atoms with E-state index in [1.165, 1.54) is 0 Å². The van der Waals surface area contributed by atoms with Gasteiger partial charge in [-0.1, -0.05) is 47.5 Å². The number of anilines is 1. The van der Waals surface area contributed by atoms with E-state index in [1.807, 2.05) is 48.5 Å². The molecule has 0 aliphatic rings. The standard InChI is InChI=1S/C23H16Cl2N2O2/c1-29-15-11-9-14(10-12-15)21-13-17(16-5-2-3-7-19(16)26-21)23(28)27-20-8-4-6-18(24)22(20)25/h2-13H,1H3,(H,27,28). The first-order valence-corrected chi connectivity index (χ1v) is 9.62. The van der Waals surface area contributed by atoms with Crippen LogP contribution < -0.4 is 10.1 Å². The van der Waals surface area contributed by atoms with Crippen LogP contribution in [0.3, 0.4) is 0 Å². The Hall–Kier alpha value is -3.08. The van der Waals surface area contributed by atoms with Gasteiger partial charge in [-0.2, -0.15) is 0 Å². The van der Waals surface area contributed by atoms with Gasteiger partial charge in [0.05, 0.1) is 39.6 Å². The van der Waals surface area contributed by atoms with Gasteiger partial charge in [0.1, 0.15) is 5.75 Å². The lowest BCUT2D eigenvalue weighted by atomic mass is 10.0. The number of nitrogens with one attached hydrogen (secondary N) is 1. The molecule has 1 heterocycles. The van der Waals surface area contributed by atoms with Gasteiger partial charge in [-0.3, -0.25) is 4.79 Å². The fourth-order valence-corrected chi connectivity index (χ4v) is 3.41. The molecule has 1 amide bonds. The van der Waals surface area contributed by atoms with E-state index in [0.717, 1.165) is 22.2 Å². The topological polar surface area (TPSA) is 51.2 Å². The van der Waals surface area contributed by atoms with Gasteiger partial charge in [0.2, 0.25) is 0 Å². The van der Waals surface area contributed by atoms with Crippen LogP contribution in [0.15, 0.2) is 72.8 Å². The van der Waals surface area contributed by atoms with Crippen LogP contribution in [0.1, 0.15) is 10.4 Å². The highest BCUT2D eigenvalue weighted by Gasteiger charge is 2.16. The van der Waals surface area contributed by atoms with Crippen LogP contribution in [0.25, 0.3) is 22.2 Å². The number of pyridine rings is 1. The molecule has 0 aliphatic carbocycles. The Morgan fingerprint density at radius 2 is 1.72 bits per heavy atom. The fraction of sp³-hybridized carbons (Fsp3) is 0.0435. The van der Waals surface area contributed by atoms with E-state index < -0.39 is 0 Å². The summed E-state index contributed by atoms with van der Waals surface area (Å²) in [5.41, 5.74) is 3.25. The first-order chi connectivity index (χ1) is 14.1. The number of benzene rings is 3. The number of aromatic nitrogens is 1. The molecule has 29 heavy (non-hydrogen) atoms. The molecule has 0 unspecified atom stereocenters. The maximum absolute atomic E-state index is 13.1. The van der Waals surface area contributed by atoms with Crippen molar-refractivity contribution in [3.05, 3.63) is 88.4 Å². The summed E-state index contributed by atoms with van der Waals surface area (Å²) in [6.07, 6.45) is 0. The summed E-state index contributed by atoms with van der Waals surface area (Å²) in [6.45, 7) is 0. The van der Waals surface area contributed by atoms with Crippen molar-refractivity contribution in [2.75, 3.05) is 12.4 Å². The Morgan fingerprint density at radius 3 is 2.48 bits per heavy atom. The molecule has 0 fully saturated rings. The maximum atomic E-state index is 13.1. The lowest BCUT2D eigenvalue weighted by Gasteiger charge is -2.12. The number of hydrogen-bond donors (Lipinski definition) is 1. The van der Waals surface area contributed by atoms with E-state index in [-0.39, 0.29) is 5.91 Å². The number of methoxy groups -OCH3 is 1. The Labute approximate surface area is 178 Å². The van der Waals surface area contributed by atoms with E-state index >= 15 is 0 Å². The van der Waals surface area contributed by atoms with E-state index in [4.69, 9.17) is 32.9 Å². The zero-order valence-corrected chi connectivity index (χ0v) is 17.0. The number of para-hydroxylation sites is 1. The summed E-state index contributed by atoms with van der Waals surface area (Å²) in [5.74, 6) is 0.464. The summed E-state index contributed by atoms with van der Waals surface area (Å²) in [4.78, 5) is 17.8. The molecule has 6 heteroatoms. The Morgan fingerprint density at radius 1 is 0.966 bits per heavy atom. The van der Waals surface area contributed by atoms with E-state index in [1.54, 1.807) is 31.4 Å². The van der Waals surface area contributed by atoms with Crippen molar-refractivity contribution in [3.63, 3.8) is 0 Å². The molecule has 0 atom stereocenters. The molecule has 0 saturated carbocycles. The predicted molar refractivity (Wildman–Crippen MR) is 118 cm³/mol. The highest BCUT2D eigenvalue weighted by Crippen LogP contribution is 2.31. The lowest BCUT2D eigenvalue weighted by Crippen LogP contribution is -2.13. The van der Waals surface area contributed by atoms with Crippen LogP contribution >= 0.6 is 23.2 Å². The zero-order valence-electron chi connectivity index (χ0n) is 15.4. The first-order valence-electron chi connectivity index (χ1n) is 8.86. The number of halogens is 2. The van der Waals surface area contributed by atoms with Crippen LogP contribution in [0.2, 0.25) is 10.0 Å². The van der Waals surface area contributed by atoms with E-state index in [9.17, 15) is 4.79 Å². The average Bonchev–Trinajstić information content (AvgIpc) is 2.76. The van der Waals surface area contributed by atoms with Crippen molar-refractivity contribution < 1.29 is 9.53 Å². The average molecular weight is 423 g/mol. The Balaban J connectivity index is 1.79. The second kappa shape index (κ2) is 8.11. The summed E-state index contributed by atoms with van der Waals surface area (Å²) in [5, 5.41) is 4.28. The largest absolute Gasteiger partial charge is 0.497 e. The molecule has 0 radical (unpaired) electrons. The van der Waals surface area contributed by atoms with Crippen molar-refractivity contribution in [3.8, 4) is 17.0 Å². The van der Waals surface area contributed by atoms with Crippen LogP contribution in [0, 0.1) is 0 Å². The summed E-state index contributed by atoms with van der Waals surface area (Å²) in [6, 6.07) is 21.9. The van der Waals surface area contributed by atoms with Crippen molar-refractivity contribution in [1.29, 1.82) is 0 Å². The predicted octanol–water partition coefficient (Wildman–Crippen LogP) is 6.47. The Bertz CT molecular complexity index is 1210. The number of amides is 1. The molecular formula is C23H16Cl2N2O2. The number of ether oxygens (including phenoxy) is 1. The highest BCUT2D eigenvalue weighted by atomic mass is 35.5. The quantitative estimate of drug-likeness (QED) is 0.409. The molecular weight excluding hydrogens is 407 g/mol. The van der Waals surface area contributed by atoms with Crippen LogP contribution in [0.5, 0.6) is 5.75 Å². The summed E-state index contributed by atoms with van der Waals surface area (Å²) in [7, 11) is 1.62. The third-order valence-electron chi connectivity index (χ3n) is 4.55. The van der Waals surface area contributed by atoms with E-state index in [0.29, 0.717) is 27.0 Å². The zero-order chi connectivity index (χ0) is 20.4. The molecule has 1 N–H and O–H groups in total. The number of carbonyl (C=O) groups excluding carboxylic acids is 1. The monoisotopic (exact) mass is 422 g/mol. The van der Waals surface area contributed by atoms with Crippen molar-refractivity contribution in [2.45, 2.75) is 0 Å². The molecule has 4 aromatic rings. The fourth-order valence-electron chi connectivity index (χ4n) is 3.06. The van der Waals surface area contributed by atoms with Crippen LogP contribution in [-0.4, -0.2) is 18.0 Å². The number of rotatable bonds is 4. The number of nitrogens with zero attached hydrogens (tertiary/aromatic N) is 1. The minimum absolute atomic E-state index is 0.289. The molecule has 0 saturated heterocycles. The van der Waals surface area contributed by atoms with Crippen molar-refractivity contribution in [2.24, 2.45) is 0 Å². The van der Waals surface area contributed by atoms with Gasteiger partial charge in [0, 0.05) is 10.9 Å². The van der Waals surface area contributed by atoms with Gasteiger partial charge < -0.3 is 10.1 Å². The molecule has 0 aliphatic heterocycles.